The Morgan fingerprint density at radius 2 is 2.21 bits per heavy atom. The molecule has 0 saturated heterocycles. The number of carbonyl (C=O) groups excluding carboxylic acids is 1. The lowest BCUT2D eigenvalue weighted by Crippen LogP contribution is -2.13. The third kappa shape index (κ3) is 8.12. The molecule has 0 radical (unpaired) electrons. The zero-order chi connectivity index (χ0) is 17.8. The number of Topliss-reactive ketones (excluding diaryl/α,β-unsaturated/α-hetero) is 1. The van der Waals surface area contributed by atoms with Gasteiger partial charge in [-0.15, -0.1) is 11.8 Å². The van der Waals surface area contributed by atoms with Gasteiger partial charge < -0.3 is 10.2 Å². The number of ketones is 1. The van der Waals surface area contributed by atoms with Crippen LogP contribution in [0.5, 0.6) is 0 Å². The van der Waals surface area contributed by atoms with Gasteiger partial charge in [0.15, 0.2) is 0 Å². The number of unbranched alkanes of at least 4 members (excludes halogenated alkanes) is 1. The molecule has 1 aliphatic rings. The van der Waals surface area contributed by atoms with E-state index in [2.05, 4.69) is 11.8 Å². The van der Waals surface area contributed by atoms with Gasteiger partial charge in [-0.05, 0) is 44.9 Å². The molecule has 0 aromatic rings. The molecule has 1 saturated carbocycles. The minimum atomic E-state index is -0.775. The summed E-state index contributed by atoms with van der Waals surface area (Å²) in [6.45, 7) is 1.78. The van der Waals surface area contributed by atoms with Crippen molar-refractivity contribution < 1.29 is 19.8 Å². The molecule has 2 N–H and O–H groups in total. The predicted octanol–water partition coefficient (Wildman–Crippen LogP) is 3.50. The van der Waals surface area contributed by atoms with Gasteiger partial charge in [0.05, 0.1) is 6.10 Å². The second-order valence-corrected chi connectivity index (χ2v) is 6.19. The van der Waals surface area contributed by atoms with Crippen molar-refractivity contribution in [2.24, 2.45) is 11.8 Å². The standard InChI is InChI=1S/C20H28O4/c1-2-3-6-9-17(21)14-12-16-13-15-19(22)18(16)10-7-4-5-8-11-20(23)24/h4,7,12,14,16-18,21H,5-6,8-11,13,15H2,1H3,(H,23,24)/b7-4-,14-12+/t16-,17-,18+/m0/s1. The predicted molar refractivity (Wildman–Crippen MR) is 94.3 cm³/mol. The van der Waals surface area contributed by atoms with Crippen molar-refractivity contribution in [3.63, 3.8) is 0 Å². The molecule has 24 heavy (non-hydrogen) atoms. The van der Waals surface area contributed by atoms with Crippen LogP contribution < -0.4 is 0 Å². The molecule has 0 aliphatic heterocycles. The van der Waals surface area contributed by atoms with Gasteiger partial charge in [-0.1, -0.05) is 24.3 Å². The van der Waals surface area contributed by atoms with Gasteiger partial charge in [-0.2, -0.15) is 0 Å². The minimum absolute atomic E-state index is 0.0143. The molecule has 1 fully saturated rings. The normalized spacial score (nSPS) is 22.0. The van der Waals surface area contributed by atoms with Crippen LogP contribution in [0.2, 0.25) is 0 Å². The lowest BCUT2D eigenvalue weighted by atomic mass is 9.91. The van der Waals surface area contributed by atoms with Crippen molar-refractivity contribution in [3.8, 4) is 11.8 Å². The van der Waals surface area contributed by atoms with Crippen LogP contribution in [-0.4, -0.2) is 28.1 Å². The highest BCUT2D eigenvalue weighted by atomic mass is 16.4. The molecule has 132 valence electrons. The summed E-state index contributed by atoms with van der Waals surface area (Å²) >= 11 is 0. The van der Waals surface area contributed by atoms with Crippen molar-refractivity contribution >= 4 is 11.8 Å². The molecule has 1 rings (SSSR count). The topological polar surface area (TPSA) is 74.6 Å². The van der Waals surface area contributed by atoms with Crippen LogP contribution in [0, 0.1) is 23.7 Å². The van der Waals surface area contributed by atoms with Crippen LogP contribution in [0.3, 0.4) is 0 Å². The highest BCUT2D eigenvalue weighted by Crippen LogP contribution is 2.32. The first-order valence-electron chi connectivity index (χ1n) is 8.70. The first kappa shape index (κ1) is 20.2. The summed E-state index contributed by atoms with van der Waals surface area (Å²) < 4.78 is 0. The Labute approximate surface area is 144 Å². The molecular weight excluding hydrogens is 304 g/mol. The number of aliphatic hydroxyl groups excluding tert-OH is 1. The number of hydrogen-bond donors (Lipinski definition) is 2. The van der Waals surface area contributed by atoms with Crippen LogP contribution in [0.15, 0.2) is 24.3 Å². The van der Waals surface area contributed by atoms with E-state index in [-0.39, 0.29) is 24.0 Å². The van der Waals surface area contributed by atoms with Gasteiger partial charge in [0, 0.05) is 25.2 Å². The molecule has 4 nitrogen and oxygen atoms in total. The molecule has 0 amide bonds. The third-order valence-electron chi connectivity index (χ3n) is 4.29. The Kier molecular flexibility index (Phi) is 9.79. The van der Waals surface area contributed by atoms with E-state index in [0.717, 1.165) is 12.8 Å². The highest BCUT2D eigenvalue weighted by Gasteiger charge is 2.31. The smallest absolute Gasteiger partial charge is 0.303 e. The van der Waals surface area contributed by atoms with Gasteiger partial charge in [-0.25, -0.2) is 0 Å². The van der Waals surface area contributed by atoms with Crippen molar-refractivity contribution in [1.29, 1.82) is 0 Å². The lowest BCUT2D eigenvalue weighted by molar-refractivity contribution is -0.137. The molecule has 0 aromatic heterocycles. The van der Waals surface area contributed by atoms with Gasteiger partial charge in [-0.3, -0.25) is 9.59 Å². The molecule has 1 aliphatic carbocycles. The van der Waals surface area contributed by atoms with E-state index in [1.165, 1.54) is 0 Å². The Hall–Kier alpha value is -1.86. The number of aliphatic hydroxyl groups is 1. The van der Waals surface area contributed by atoms with Crippen molar-refractivity contribution in [2.45, 2.75) is 64.4 Å². The lowest BCUT2D eigenvalue weighted by Gasteiger charge is -2.13. The van der Waals surface area contributed by atoms with E-state index < -0.39 is 12.1 Å². The fraction of sp³-hybridized carbons (Fsp3) is 0.600. The van der Waals surface area contributed by atoms with E-state index in [1.54, 1.807) is 13.0 Å². The van der Waals surface area contributed by atoms with E-state index in [0.29, 0.717) is 32.1 Å². The molecule has 0 spiro atoms. The summed E-state index contributed by atoms with van der Waals surface area (Å²) in [5, 5.41) is 18.5. The van der Waals surface area contributed by atoms with Crippen molar-refractivity contribution in [3.05, 3.63) is 24.3 Å². The van der Waals surface area contributed by atoms with Gasteiger partial charge in [0.25, 0.3) is 0 Å². The summed E-state index contributed by atoms with van der Waals surface area (Å²) in [4.78, 5) is 22.5. The number of allylic oxidation sites excluding steroid dienone is 3. The summed E-state index contributed by atoms with van der Waals surface area (Å²) in [5.41, 5.74) is 0. The Balaban J connectivity index is 2.40. The van der Waals surface area contributed by atoms with Crippen LogP contribution in [-0.2, 0) is 9.59 Å². The van der Waals surface area contributed by atoms with E-state index in [1.807, 2.05) is 18.2 Å². The molecule has 0 bridgehead atoms. The first-order chi connectivity index (χ1) is 11.5. The van der Waals surface area contributed by atoms with Crippen LogP contribution in [0.1, 0.15) is 58.3 Å². The summed E-state index contributed by atoms with van der Waals surface area (Å²) in [6, 6.07) is 0. The average molecular weight is 332 g/mol. The van der Waals surface area contributed by atoms with Gasteiger partial charge in [0.1, 0.15) is 5.78 Å². The quantitative estimate of drug-likeness (QED) is 0.365. The number of rotatable bonds is 10. The monoisotopic (exact) mass is 332 g/mol. The van der Waals surface area contributed by atoms with Gasteiger partial charge in [0.2, 0.25) is 0 Å². The Morgan fingerprint density at radius 1 is 1.42 bits per heavy atom. The largest absolute Gasteiger partial charge is 0.481 e. The number of carboxylic acid groups (broad SMARTS) is 1. The molecule has 4 heteroatoms. The zero-order valence-electron chi connectivity index (χ0n) is 14.4. The second kappa shape index (κ2) is 11.6. The highest BCUT2D eigenvalue weighted by molar-refractivity contribution is 5.83. The number of aliphatic carboxylic acids is 1. The van der Waals surface area contributed by atoms with E-state index in [4.69, 9.17) is 5.11 Å². The maximum atomic E-state index is 12.0. The molecular formula is C20H28O4. The zero-order valence-corrected chi connectivity index (χ0v) is 14.4. The third-order valence-corrected chi connectivity index (χ3v) is 4.29. The fourth-order valence-corrected chi connectivity index (χ4v) is 2.91. The van der Waals surface area contributed by atoms with Crippen molar-refractivity contribution in [1.82, 2.24) is 0 Å². The van der Waals surface area contributed by atoms with Gasteiger partial charge >= 0.3 is 5.97 Å². The Morgan fingerprint density at radius 3 is 2.92 bits per heavy atom. The average Bonchev–Trinajstić information content (AvgIpc) is 2.89. The second-order valence-electron chi connectivity index (χ2n) is 6.19. The number of carbonyl (C=O) groups is 2. The summed E-state index contributed by atoms with van der Waals surface area (Å²) in [5.74, 6) is 5.42. The van der Waals surface area contributed by atoms with Crippen LogP contribution >= 0.6 is 0 Å². The SMILES string of the molecule is CC#CCC[C@H](O)/C=C/[C@H]1CCC(=O)[C@@H]1C/C=C\CCCC(=O)O. The maximum Gasteiger partial charge on any atom is 0.303 e. The fourth-order valence-electron chi connectivity index (χ4n) is 2.91. The van der Waals surface area contributed by atoms with E-state index >= 15 is 0 Å². The Bertz CT molecular complexity index is 521. The van der Waals surface area contributed by atoms with Crippen LogP contribution in [0.4, 0.5) is 0 Å². The molecule has 0 unspecified atom stereocenters. The summed E-state index contributed by atoms with van der Waals surface area (Å²) in [7, 11) is 0. The molecule has 0 heterocycles. The van der Waals surface area contributed by atoms with Crippen LogP contribution in [0.25, 0.3) is 0 Å². The molecule has 3 atom stereocenters. The van der Waals surface area contributed by atoms with Crippen molar-refractivity contribution in [2.75, 3.05) is 0 Å². The first-order valence-corrected chi connectivity index (χ1v) is 8.70. The number of hydrogen-bond acceptors (Lipinski definition) is 3. The number of carboxylic acids is 1. The van der Waals surface area contributed by atoms with E-state index in [9.17, 15) is 14.7 Å². The molecule has 0 aromatic carbocycles. The summed E-state index contributed by atoms with van der Waals surface area (Å²) in [6.07, 6.45) is 12.2. The minimum Gasteiger partial charge on any atom is -0.481 e. The maximum absolute atomic E-state index is 12.0.